The molecular weight excluding hydrogens is 207 g/mol. The second-order valence-corrected chi connectivity index (χ2v) is 3.82. The molecule has 3 rings (SSSR count). The van der Waals surface area contributed by atoms with Crippen LogP contribution in [0, 0.1) is 0 Å². The molecule has 74 valence electrons. The predicted octanol–water partition coefficient (Wildman–Crippen LogP) is 2.17. The van der Waals surface area contributed by atoms with Gasteiger partial charge in [-0.1, -0.05) is 48.5 Å². The zero-order valence-corrected chi connectivity index (χ0v) is 8.23. The van der Waals surface area contributed by atoms with Gasteiger partial charge in [-0.3, -0.25) is 4.79 Å². The van der Waals surface area contributed by atoms with Crippen molar-refractivity contribution in [3.05, 3.63) is 70.8 Å². The van der Waals surface area contributed by atoms with Crippen molar-refractivity contribution in [2.75, 3.05) is 0 Å². The fraction of sp³-hybridized carbons (Fsp3) is 0.0714. The Hall–Kier alpha value is -0.890. The zero-order valence-electron chi connectivity index (χ0n) is 8.23. The fourth-order valence-corrected chi connectivity index (χ4v) is 2.14. The van der Waals surface area contributed by atoms with Crippen LogP contribution in [-0.2, 0) is 6.42 Å². The normalized spacial score (nSPS) is 12.4. The molecular formula is C14H11NaO. The molecule has 0 spiro atoms. The van der Waals surface area contributed by atoms with Crippen molar-refractivity contribution in [1.29, 1.82) is 0 Å². The second kappa shape index (κ2) is 4.54. The number of benzene rings is 2. The topological polar surface area (TPSA) is 17.1 Å². The first-order valence-electron chi connectivity index (χ1n) is 5.07. The van der Waals surface area contributed by atoms with Crippen LogP contribution in [0.4, 0.5) is 0 Å². The molecule has 1 aliphatic rings. The summed E-state index contributed by atoms with van der Waals surface area (Å²) >= 11 is 0. The first-order valence-corrected chi connectivity index (χ1v) is 5.07. The summed E-state index contributed by atoms with van der Waals surface area (Å²) in [6, 6.07) is 15.7. The molecule has 0 radical (unpaired) electrons. The molecule has 0 bridgehead atoms. The van der Waals surface area contributed by atoms with Crippen LogP contribution < -0.4 is 0 Å². The molecule has 1 nitrogen and oxygen atoms in total. The number of hydrogen-bond donors (Lipinski definition) is 0. The van der Waals surface area contributed by atoms with Crippen LogP contribution >= 0.6 is 0 Å². The van der Waals surface area contributed by atoms with Crippen LogP contribution in [0.3, 0.4) is 0 Å². The molecule has 0 saturated carbocycles. The van der Waals surface area contributed by atoms with E-state index in [9.17, 15) is 4.79 Å². The third-order valence-electron chi connectivity index (χ3n) is 2.90. The molecule has 0 heterocycles. The van der Waals surface area contributed by atoms with Gasteiger partial charge in [0.1, 0.15) is 0 Å². The van der Waals surface area contributed by atoms with Crippen LogP contribution in [0.2, 0.25) is 0 Å². The van der Waals surface area contributed by atoms with E-state index in [2.05, 4.69) is 0 Å². The van der Waals surface area contributed by atoms with Gasteiger partial charge in [0.15, 0.2) is 5.78 Å². The first kappa shape index (κ1) is 11.6. The van der Waals surface area contributed by atoms with Crippen molar-refractivity contribution < 1.29 is 4.79 Å². The van der Waals surface area contributed by atoms with Gasteiger partial charge in [0, 0.05) is 11.1 Å². The van der Waals surface area contributed by atoms with Gasteiger partial charge in [-0.25, -0.2) is 0 Å². The van der Waals surface area contributed by atoms with Crippen molar-refractivity contribution in [3.63, 3.8) is 0 Å². The van der Waals surface area contributed by atoms with E-state index in [0.29, 0.717) is 0 Å². The van der Waals surface area contributed by atoms with Crippen molar-refractivity contribution in [1.82, 2.24) is 0 Å². The van der Waals surface area contributed by atoms with E-state index in [4.69, 9.17) is 0 Å². The molecule has 16 heavy (non-hydrogen) atoms. The third-order valence-corrected chi connectivity index (χ3v) is 2.90. The monoisotopic (exact) mass is 218 g/mol. The Bertz CT molecular complexity index is 498. The van der Waals surface area contributed by atoms with Crippen LogP contribution in [0.25, 0.3) is 0 Å². The average molecular weight is 218 g/mol. The molecule has 0 unspecified atom stereocenters. The summed E-state index contributed by atoms with van der Waals surface area (Å²) in [5.74, 6) is 0.160. The Morgan fingerprint density at radius 2 is 1.19 bits per heavy atom. The minimum absolute atomic E-state index is 0. The van der Waals surface area contributed by atoms with Gasteiger partial charge in [0.2, 0.25) is 0 Å². The van der Waals surface area contributed by atoms with Gasteiger partial charge in [-0.15, -0.1) is 0 Å². The van der Waals surface area contributed by atoms with E-state index >= 15 is 0 Å². The van der Waals surface area contributed by atoms with Crippen molar-refractivity contribution in [2.24, 2.45) is 0 Å². The van der Waals surface area contributed by atoms with Crippen LogP contribution in [0.1, 0.15) is 27.0 Å². The van der Waals surface area contributed by atoms with Crippen LogP contribution in [-0.4, -0.2) is 35.3 Å². The summed E-state index contributed by atoms with van der Waals surface area (Å²) in [6.45, 7) is 0. The Morgan fingerprint density at radius 1 is 0.750 bits per heavy atom. The minimum atomic E-state index is 0. The Balaban J connectivity index is 0.000000963. The molecule has 2 aromatic carbocycles. The van der Waals surface area contributed by atoms with E-state index < -0.39 is 0 Å². The quantitative estimate of drug-likeness (QED) is 0.528. The van der Waals surface area contributed by atoms with Gasteiger partial charge in [-0.2, -0.15) is 0 Å². The van der Waals surface area contributed by atoms with Crippen molar-refractivity contribution >= 4 is 35.3 Å². The summed E-state index contributed by atoms with van der Waals surface area (Å²) in [4.78, 5) is 12.1. The van der Waals surface area contributed by atoms with Crippen LogP contribution in [0.15, 0.2) is 48.5 Å². The zero-order chi connectivity index (χ0) is 10.3. The molecule has 0 saturated heterocycles. The molecule has 0 aliphatic heterocycles. The van der Waals surface area contributed by atoms with Gasteiger partial charge >= 0.3 is 29.6 Å². The van der Waals surface area contributed by atoms with Gasteiger partial charge in [0.25, 0.3) is 0 Å². The molecule has 0 atom stereocenters. The molecule has 0 fully saturated rings. The van der Waals surface area contributed by atoms with Gasteiger partial charge < -0.3 is 0 Å². The van der Waals surface area contributed by atoms with Gasteiger partial charge in [-0.05, 0) is 17.5 Å². The van der Waals surface area contributed by atoms with E-state index in [0.717, 1.165) is 28.7 Å². The van der Waals surface area contributed by atoms with Crippen molar-refractivity contribution in [2.45, 2.75) is 6.42 Å². The number of carbonyl (C=O) groups is 1. The Labute approximate surface area is 117 Å². The standard InChI is InChI=1S/C14H10O.Na.H/c15-14-12-7-3-1-5-10(12)9-11-6-2-4-8-13(11)14;;/h1-8H,9H2;;. The van der Waals surface area contributed by atoms with E-state index in [1.165, 1.54) is 0 Å². The first-order chi connectivity index (χ1) is 7.36. The molecule has 2 heteroatoms. The summed E-state index contributed by atoms with van der Waals surface area (Å²) in [5, 5.41) is 0. The number of fused-ring (bicyclic) bond motifs is 2. The molecule has 2 aromatic rings. The van der Waals surface area contributed by atoms with Gasteiger partial charge in [0.05, 0.1) is 0 Å². The molecule has 0 aromatic heterocycles. The SMILES string of the molecule is O=C1c2ccccc2Cc2ccccc21.[NaH]. The summed E-state index contributed by atoms with van der Waals surface area (Å²) in [6.07, 6.45) is 0.873. The van der Waals surface area contributed by atoms with Crippen LogP contribution in [0.5, 0.6) is 0 Å². The molecule has 0 N–H and O–H groups in total. The van der Waals surface area contributed by atoms with Crippen molar-refractivity contribution in [3.8, 4) is 0 Å². The van der Waals surface area contributed by atoms with E-state index in [1.54, 1.807) is 0 Å². The number of carbonyl (C=O) groups excluding carboxylic acids is 1. The number of ketones is 1. The predicted molar refractivity (Wildman–Crippen MR) is 66.3 cm³/mol. The van der Waals surface area contributed by atoms with E-state index in [-0.39, 0.29) is 35.3 Å². The Kier molecular flexibility index (Phi) is 3.29. The maximum absolute atomic E-state index is 12.1. The summed E-state index contributed by atoms with van der Waals surface area (Å²) < 4.78 is 0. The summed E-state index contributed by atoms with van der Waals surface area (Å²) in [7, 11) is 0. The fourth-order valence-electron chi connectivity index (χ4n) is 2.14. The molecule has 1 aliphatic carbocycles. The average Bonchev–Trinajstić information content (AvgIpc) is 2.30. The van der Waals surface area contributed by atoms with E-state index in [1.807, 2.05) is 48.5 Å². The third kappa shape index (κ3) is 1.75. The maximum atomic E-state index is 12.1. The summed E-state index contributed by atoms with van der Waals surface area (Å²) in [5.41, 5.74) is 4.00. The second-order valence-electron chi connectivity index (χ2n) is 3.82. The number of hydrogen-bond acceptors (Lipinski definition) is 1. The Morgan fingerprint density at radius 3 is 1.69 bits per heavy atom. The molecule has 0 amide bonds. The number of rotatable bonds is 0.